The molecule has 0 aliphatic rings. The molecule has 0 fully saturated rings. The molecular weight excluding hydrogens is 340 g/mol. The Bertz CT molecular complexity index is 789. The van der Waals surface area contributed by atoms with Gasteiger partial charge < -0.3 is 23.9 Å². The Kier molecular flexibility index (Phi) is 5.57. The van der Waals surface area contributed by atoms with Gasteiger partial charge in [-0.2, -0.15) is 0 Å². The molecule has 0 bridgehead atoms. The molecule has 132 valence electrons. The number of benzene rings is 1. The van der Waals surface area contributed by atoms with Crippen LogP contribution in [0.2, 0.25) is 0 Å². The molecule has 3 aromatic rings. The summed E-state index contributed by atoms with van der Waals surface area (Å²) in [6.45, 7) is 1.35. The smallest absolute Gasteiger partial charge is 0.203 e. The quantitative estimate of drug-likeness (QED) is 0.660. The van der Waals surface area contributed by atoms with Crippen molar-refractivity contribution in [2.45, 2.75) is 13.1 Å². The van der Waals surface area contributed by atoms with Crippen molar-refractivity contribution >= 4 is 11.3 Å². The largest absolute Gasteiger partial charge is 0.493 e. The topological polar surface area (TPSA) is 65.8 Å². The molecule has 0 unspecified atom stereocenters. The van der Waals surface area contributed by atoms with Crippen LogP contribution in [0, 0.1) is 0 Å². The molecular formula is C18H20N2O4S. The number of hydrogen-bond acceptors (Lipinski definition) is 7. The lowest BCUT2D eigenvalue weighted by atomic mass is 10.1. The van der Waals surface area contributed by atoms with Crippen LogP contribution in [0.25, 0.3) is 10.4 Å². The van der Waals surface area contributed by atoms with Crippen molar-refractivity contribution in [3.8, 4) is 27.7 Å². The maximum absolute atomic E-state index is 5.41. The third-order valence-electron chi connectivity index (χ3n) is 3.66. The van der Waals surface area contributed by atoms with Crippen LogP contribution < -0.4 is 19.5 Å². The van der Waals surface area contributed by atoms with Crippen LogP contribution in [0.5, 0.6) is 17.2 Å². The monoisotopic (exact) mass is 360 g/mol. The van der Waals surface area contributed by atoms with E-state index in [1.165, 1.54) is 0 Å². The number of hydrogen-bond donors (Lipinski definition) is 1. The van der Waals surface area contributed by atoms with E-state index in [2.05, 4.69) is 10.3 Å². The van der Waals surface area contributed by atoms with Gasteiger partial charge in [-0.3, -0.25) is 0 Å². The average Bonchev–Trinajstić information content (AvgIpc) is 3.32. The molecule has 7 heteroatoms. The third kappa shape index (κ3) is 3.94. The van der Waals surface area contributed by atoms with Crippen LogP contribution in [-0.4, -0.2) is 26.3 Å². The highest BCUT2D eigenvalue weighted by atomic mass is 32.1. The zero-order chi connectivity index (χ0) is 17.6. The van der Waals surface area contributed by atoms with Crippen LogP contribution in [0.1, 0.15) is 10.8 Å². The lowest BCUT2D eigenvalue weighted by Crippen LogP contribution is -2.11. The van der Waals surface area contributed by atoms with Crippen LogP contribution in [0.4, 0.5) is 0 Å². The number of rotatable bonds is 8. The first-order valence-electron chi connectivity index (χ1n) is 7.73. The lowest BCUT2D eigenvalue weighted by Gasteiger charge is -2.13. The van der Waals surface area contributed by atoms with Gasteiger partial charge in [0, 0.05) is 18.3 Å². The van der Waals surface area contributed by atoms with Crippen LogP contribution in [0.3, 0.4) is 0 Å². The van der Waals surface area contributed by atoms with E-state index < -0.39 is 0 Å². The Balaban J connectivity index is 1.75. The van der Waals surface area contributed by atoms with E-state index in [4.69, 9.17) is 18.6 Å². The fourth-order valence-electron chi connectivity index (χ4n) is 2.45. The van der Waals surface area contributed by atoms with E-state index in [0.717, 1.165) is 21.2 Å². The van der Waals surface area contributed by atoms with Crippen LogP contribution in [0.15, 0.2) is 41.1 Å². The van der Waals surface area contributed by atoms with E-state index in [0.29, 0.717) is 30.3 Å². The van der Waals surface area contributed by atoms with Crippen LogP contribution >= 0.6 is 11.3 Å². The molecule has 0 atom stereocenters. The van der Waals surface area contributed by atoms with E-state index in [1.54, 1.807) is 38.9 Å². The second-order valence-corrected chi connectivity index (χ2v) is 6.33. The van der Waals surface area contributed by atoms with Crippen molar-refractivity contribution in [1.82, 2.24) is 10.3 Å². The molecule has 2 heterocycles. The normalized spacial score (nSPS) is 10.7. The summed E-state index contributed by atoms with van der Waals surface area (Å²) in [5.41, 5.74) is 0.976. The van der Waals surface area contributed by atoms with Gasteiger partial charge in [-0.1, -0.05) is 0 Å². The summed E-state index contributed by atoms with van der Waals surface area (Å²) in [5.74, 6) is 2.74. The Morgan fingerprint density at radius 2 is 1.84 bits per heavy atom. The third-order valence-corrected chi connectivity index (χ3v) is 4.70. The van der Waals surface area contributed by atoms with Gasteiger partial charge in [-0.15, -0.1) is 11.3 Å². The summed E-state index contributed by atoms with van der Waals surface area (Å²) < 4.78 is 21.5. The molecule has 1 aromatic carbocycles. The van der Waals surface area contributed by atoms with Crippen molar-refractivity contribution in [2.24, 2.45) is 0 Å². The van der Waals surface area contributed by atoms with Crippen LogP contribution in [-0.2, 0) is 13.1 Å². The standard InChI is InChI=1S/C18H20N2O4S/c1-21-14-7-12(8-15(22-2)18(14)23-3)16-10-20-17(25-16)11-19-9-13-5-4-6-24-13/h4-8,10,19H,9,11H2,1-3H3. The second kappa shape index (κ2) is 8.04. The van der Waals surface area contributed by atoms with Gasteiger partial charge >= 0.3 is 0 Å². The highest BCUT2D eigenvalue weighted by molar-refractivity contribution is 7.15. The molecule has 0 aliphatic carbocycles. The Morgan fingerprint density at radius 3 is 2.44 bits per heavy atom. The number of ether oxygens (including phenoxy) is 3. The Hall–Kier alpha value is -2.51. The number of nitrogens with zero attached hydrogens (tertiary/aromatic N) is 1. The molecule has 0 saturated carbocycles. The average molecular weight is 360 g/mol. The van der Waals surface area contributed by atoms with Gasteiger partial charge in [0.25, 0.3) is 0 Å². The molecule has 0 radical (unpaired) electrons. The summed E-state index contributed by atoms with van der Waals surface area (Å²) in [6.07, 6.45) is 3.53. The minimum absolute atomic E-state index is 0.582. The maximum atomic E-state index is 5.41. The number of methoxy groups -OCH3 is 3. The van der Waals surface area contributed by atoms with Gasteiger partial charge in [0.15, 0.2) is 11.5 Å². The minimum Gasteiger partial charge on any atom is -0.493 e. The van der Waals surface area contributed by atoms with Crippen molar-refractivity contribution in [3.05, 3.63) is 47.5 Å². The number of nitrogens with one attached hydrogen (secondary N) is 1. The highest BCUT2D eigenvalue weighted by Crippen LogP contribution is 2.42. The zero-order valence-corrected chi connectivity index (χ0v) is 15.2. The maximum Gasteiger partial charge on any atom is 0.203 e. The molecule has 2 aromatic heterocycles. The minimum atomic E-state index is 0.582. The lowest BCUT2D eigenvalue weighted by molar-refractivity contribution is 0.324. The van der Waals surface area contributed by atoms with E-state index >= 15 is 0 Å². The van der Waals surface area contributed by atoms with Crippen molar-refractivity contribution < 1.29 is 18.6 Å². The SMILES string of the molecule is COc1cc(-c2cnc(CNCc3ccco3)s2)cc(OC)c1OC. The van der Waals surface area contributed by atoms with E-state index in [-0.39, 0.29) is 0 Å². The molecule has 0 spiro atoms. The number of furan rings is 1. The first-order chi connectivity index (χ1) is 12.2. The van der Waals surface area contributed by atoms with Crippen molar-refractivity contribution in [2.75, 3.05) is 21.3 Å². The van der Waals surface area contributed by atoms with Gasteiger partial charge in [0.2, 0.25) is 5.75 Å². The predicted molar refractivity (Wildman–Crippen MR) is 96.5 cm³/mol. The van der Waals surface area contributed by atoms with E-state index in [1.807, 2.05) is 30.5 Å². The fourth-order valence-corrected chi connectivity index (χ4v) is 3.33. The Labute approximate surface area is 150 Å². The first kappa shape index (κ1) is 17.3. The molecule has 0 amide bonds. The summed E-state index contributed by atoms with van der Waals surface area (Å²) >= 11 is 1.62. The molecule has 3 rings (SSSR count). The predicted octanol–water partition coefficient (Wildman–Crippen LogP) is 3.72. The second-order valence-electron chi connectivity index (χ2n) is 5.22. The molecule has 0 saturated heterocycles. The molecule has 6 nitrogen and oxygen atoms in total. The highest BCUT2D eigenvalue weighted by Gasteiger charge is 2.15. The molecule has 0 aliphatic heterocycles. The number of aromatic nitrogens is 1. The molecule has 25 heavy (non-hydrogen) atoms. The van der Waals surface area contributed by atoms with Crippen molar-refractivity contribution in [1.29, 1.82) is 0 Å². The number of thiazole rings is 1. The van der Waals surface area contributed by atoms with Gasteiger partial charge in [0.05, 0.1) is 39.0 Å². The summed E-state index contributed by atoms with van der Waals surface area (Å²) in [7, 11) is 4.81. The summed E-state index contributed by atoms with van der Waals surface area (Å²) in [5, 5.41) is 4.31. The fraction of sp³-hybridized carbons (Fsp3) is 0.278. The summed E-state index contributed by atoms with van der Waals surface area (Å²) in [6, 6.07) is 7.67. The zero-order valence-electron chi connectivity index (χ0n) is 14.4. The van der Waals surface area contributed by atoms with Gasteiger partial charge in [-0.05, 0) is 24.3 Å². The first-order valence-corrected chi connectivity index (χ1v) is 8.55. The van der Waals surface area contributed by atoms with Gasteiger partial charge in [-0.25, -0.2) is 4.98 Å². The van der Waals surface area contributed by atoms with E-state index in [9.17, 15) is 0 Å². The Morgan fingerprint density at radius 1 is 1.08 bits per heavy atom. The summed E-state index contributed by atoms with van der Waals surface area (Å²) in [4.78, 5) is 5.51. The van der Waals surface area contributed by atoms with Crippen molar-refractivity contribution in [3.63, 3.8) is 0 Å². The van der Waals surface area contributed by atoms with Gasteiger partial charge in [0.1, 0.15) is 10.8 Å². The molecule has 1 N–H and O–H groups in total.